The van der Waals surface area contributed by atoms with E-state index in [4.69, 9.17) is 0 Å². The molecule has 1 aromatic carbocycles. The van der Waals surface area contributed by atoms with E-state index in [9.17, 15) is 14.7 Å². The van der Waals surface area contributed by atoms with Crippen molar-refractivity contribution in [2.24, 2.45) is 5.92 Å². The van der Waals surface area contributed by atoms with Gasteiger partial charge in [0.2, 0.25) is 0 Å². The van der Waals surface area contributed by atoms with Crippen molar-refractivity contribution in [2.45, 2.75) is 26.2 Å². The Bertz CT molecular complexity index is 754. The van der Waals surface area contributed by atoms with Crippen LogP contribution in [0.5, 0.6) is 5.75 Å². The molecule has 0 saturated heterocycles. The summed E-state index contributed by atoms with van der Waals surface area (Å²) < 4.78 is 0. The predicted molar refractivity (Wildman–Crippen MR) is 88.5 cm³/mol. The summed E-state index contributed by atoms with van der Waals surface area (Å²) in [4.78, 5) is 26.0. The maximum atomic E-state index is 12.2. The Morgan fingerprint density at radius 3 is 2.74 bits per heavy atom. The van der Waals surface area contributed by atoms with E-state index in [1.54, 1.807) is 12.1 Å². The number of thiophene rings is 1. The average Bonchev–Trinajstić information content (AvgIpc) is 2.95. The highest BCUT2D eigenvalue weighted by Crippen LogP contribution is 2.32. The predicted octanol–water partition coefficient (Wildman–Crippen LogP) is 2.65. The molecule has 3 rings (SSSR count). The summed E-state index contributed by atoms with van der Waals surface area (Å²) in [5, 5.41) is 9.63. The van der Waals surface area contributed by atoms with Gasteiger partial charge in [-0.2, -0.15) is 0 Å². The van der Waals surface area contributed by atoms with Crippen molar-refractivity contribution in [3.8, 4) is 5.75 Å². The lowest BCUT2D eigenvalue weighted by atomic mass is 9.90. The molecule has 2 aromatic rings. The van der Waals surface area contributed by atoms with E-state index in [0.29, 0.717) is 10.8 Å². The second-order valence-corrected chi connectivity index (χ2v) is 6.97. The quantitative estimate of drug-likeness (QED) is 0.741. The zero-order chi connectivity index (χ0) is 16.4. The van der Waals surface area contributed by atoms with Crippen molar-refractivity contribution in [1.82, 2.24) is 10.9 Å². The van der Waals surface area contributed by atoms with Crippen LogP contribution in [0.25, 0.3) is 0 Å². The fraction of sp³-hybridized carbons (Fsp3) is 0.294. The Hall–Kier alpha value is -2.34. The lowest BCUT2D eigenvalue weighted by molar-refractivity contribution is 0.0847. The van der Waals surface area contributed by atoms with Crippen molar-refractivity contribution < 1.29 is 14.7 Å². The van der Waals surface area contributed by atoms with E-state index >= 15 is 0 Å². The van der Waals surface area contributed by atoms with Crippen LogP contribution in [0.3, 0.4) is 0 Å². The highest BCUT2D eigenvalue weighted by molar-refractivity contribution is 7.14. The minimum Gasteiger partial charge on any atom is -0.507 e. The Morgan fingerprint density at radius 1 is 1.22 bits per heavy atom. The van der Waals surface area contributed by atoms with Gasteiger partial charge in [0.25, 0.3) is 11.8 Å². The van der Waals surface area contributed by atoms with Crippen LogP contribution in [0.15, 0.2) is 30.3 Å². The van der Waals surface area contributed by atoms with Gasteiger partial charge in [-0.3, -0.25) is 20.4 Å². The number of fused-ring (bicyclic) bond motifs is 1. The summed E-state index contributed by atoms with van der Waals surface area (Å²) in [6.45, 7) is 2.22. The van der Waals surface area contributed by atoms with E-state index in [0.717, 1.165) is 19.3 Å². The molecule has 0 aliphatic heterocycles. The largest absolute Gasteiger partial charge is 0.507 e. The summed E-state index contributed by atoms with van der Waals surface area (Å²) in [6, 6.07) is 8.09. The lowest BCUT2D eigenvalue weighted by Gasteiger charge is -2.16. The zero-order valence-corrected chi connectivity index (χ0v) is 13.6. The van der Waals surface area contributed by atoms with Crippen molar-refractivity contribution in [1.29, 1.82) is 0 Å². The van der Waals surface area contributed by atoms with Gasteiger partial charge in [0.05, 0.1) is 10.4 Å². The van der Waals surface area contributed by atoms with Gasteiger partial charge < -0.3 is 5.11 Å². The van der Waals surface area contributed by atoms with Gasteiger partial charge >= 0.3 is 0 Å². The van der Waals surface area contributed by atoms with Gasteiger partial charge in [0.15, 0.2) is 0 Å². The number of nitrogens with one attached hydrogen (secondary N) is 2. The van der Waals surface area contributed by atoms with Crippen molar-refractivity contribution in [2.75, 3.05) is 0 Å². The minimum atomic E-state index is -0.550. The van der Waals surface area contributed by atoms with Crippen LogP contribution in [0.4, 0.5) is 0 Å². The number of rotatable bonds is 2. The van der Waals surface area contributed by atoms with Crippen LogP contribution in [0.2, 0.25) is 0 Å². The Morgan fingerprint density at radius 2 is 1.96 bits per heavy atom. The second kappa shape index (κ2) is 6.42. The summed E-state index contributed by atoms with van der Waals surface area (Å²) in [6.07, 6.45) is 3.17. The third kappa shape index (κ3) is 3.37. The normalized spacial score (nSPS) is 16.5. The molecule has 1 heterocycles. The SMILES string of the molecule is C[C@H]1CCc2sc(C(=O)NNC(=O)c3ccccc3O)cc2C1. The summed E-state index contributed by atoms with van der Waals surface area (Å²) in [7, 11) is 0. The number of amides is 2. The maximum absolute atomic E-state index is 12.2. The summed E-state index contributed by atoms with van der Waals surface area (Å²) >= 11 is 1.48. The molecule has 0 bridgehead atoms. The van der Waals surface area contributed by atoms with Crippen molar-refractivity contribution in [3.63, 3.8) is 0 Å². The third-order valence-corrected chi connectivity index (χ3v) is 5.23. The summed E-state index contributed by atoms with van der Waals surface area (Å²) in [5.74, 6) is -0.360. The van der Waals surface area contributed by atoms with Crippen LogP contribution in [0.1, 0.15) is 43.8 Å². The molecule has 2 amide bonds. The molecular weight excluding hydrogens is 312 g/mol. The van der Waals surface area contributed by atoms with E-state index < -0.39 is 5.91 Å². The molecule has 120 valence electrons. The van der Waals surface area contributed by atoms with Gasteiger partial charge in [0.1, 0.15) is 5.75 Å². The molecule has 6 heteroatoms. The highest BCUT2D eigenvalue weighted by Gasteiger charge is 2.21. The number of phenols is 1. The highest BCUT2D eigenvalue weighted by atomic mass is 32.1. The van der Waals surface area contributed by atoms with Crippen LogP contribution in [-0.2, 0) is 12.8 Å². The van der Waals surface area contributed by atoms with Gasteiger partial charge in [-0.25, -0.2) is 0 Å². The molecule has 0 fully saturated rings. The molecule has 1 aliphatic rings. The number of para-hydroxylation sites is 1. The van der Waals surface area contributed by atoms with E-state index in [1.165, 1.54) is 33.9 Å². The Balaban J connectivity index is 1.64. The molecule has 0 saturated carbocycles. The Labute approximate surface area is 138 Å². The lowest BCUT2D eigenvalue weighted by Crippen LogP contribution is -2.41. The molecule has 3 N–H and O–H groups in total. The van der Waals surface area contributed by atoms with Gasteiger partial charge in [-0.05, 0) is 48.9 Å². The van der Waals surface area contributed by atoms with Crippen LogP contribution in [-0.4, -0.2) is 16.9 Å². The number of hydrogen-bond acceptors (Lipinski definition) is 4. The Kier molecular flexibility index (Phi) is 4.34. The van der Waals surface area contributed by atoms with E-state index in [1.807, 2.05) is 6.07 Å². The molecule has 1 aliphatic carbocycles. The standard InChI is InChI=1S/C17H18N2O3S/c1-10-6-7-14-11(8-10)9-15(23-14)17(22)19-18-16(21)12-4-2-3-5-13(12)20/h2-5,9-10,20H,6-8H2,1H3,(H,18,21)(H,19,22)/t10-/m0/s1. The van der Waals surface area contributed by atoms with Crippen LogP contribution >= 0.6 is 11.3 Å². The van der Waals surface area contributed by atoms with E-state index in [2.05, 4.69) is 17.8 Å². The first kappa shape index (κ1) is 15.6. The number of benzene rings is 1. The number of hydrazine groups is 1. The van der Waals surface area contributed by atoms with Crippen LogP contribution < -0.4 is 10.9 Å². The van der Waals surface area contributed by atoms with Crippen LogP contribution in [0, 0.1) is 5.92 Å². The topological polar surface area (TPSA) is 78.4 Å². The second-order valence-electron chi connectivity index (χ2n) is 5.83. The number of aryl methyl sites for hydroxylation is 1. The van der Waals surface area contributed by atoms with Gasteiger partial charge in [-0.1, -0.05) is 19.1 Å². The fourth-order valence-corrected chi connectivity index (χ4v) is 3.83. The van der Waals surface area contributed by atoms with Gasteiger partial charge in [-0.15, -0.1) is 11.3 Å². The molecule has 1 atom stereocenters. The molecule has 1 aromatic heterocycles. The zero-order valence-electron chi connectivity index (χ0n) is 12.8. The molecule has 0 spiro atoms. The fourth-order valence-electron chi connectivity index (χ4n) is 2.73. The number of carbonyl (C=O) groups excluding carboxylic acids is 2. The number of phenolic OH excluding ortho intramolecular Hbond substituents is 1. The van der Waals surface area contributed by atoms with Crippen molar-refractivity contribution >= 4 is 23.2 Å². The molecule has 0 unspecified atom stereocenters. The minimum absolute atomic E-state index is 0.118. The summed E-state index contributed by atoms with van der Waals surface area (Å²) in [5.41, 5.74) is 6.10. The monoisotopic (exact) mass is 330 g/mol. The van der Waals surface area contributed by atoms with E-state index in [-0.39, 0.29) is 17.2 Å². The smallest absolute Gasteiger partial charge is 0.279 e. The first-order valence-electron chi connectivity index (χ1n) is 7.55. The molecule has 5 nitrogen and oxygen atoms in total. The van der Waals surface area contributed by atoms with Crippen molar-refractivity contribution in [3.05, 3.63) is 51.2 Å². The third-order valence-electron chi connectivity index (χ3n) is 3.99. The molecule has 23 heavy (non-hydrogen) atoms. The molecular formula is C17H18N2O3S. The average molecular weight is 330 g/mol. The number of carbonyl (C=O) groups is 2. The number of aromatic hydroxyl groups is 1. The maximum Gasteiger partial charge on any atom is 0.279 e. The molecule has 0 radical (unpaired) electrons. The number of hydrogen-bond donors (Lipinski definition) is 3. The first-order valence-corrected chi connectivity index (χ1v) is 8.36. The van der Waals surface area contributed by atoms with Gasteiger partial charge in [0, 0.05) is 4.88 Å². The first-order chi connectivity index (χ1) is 11.0.